The lowest BCUT2D eigenvalue weighted by Gasteiger charge is -2.20. The summed E-state index contributed by atoms with van der Waals surface area (Å²) in [6.45, 7) is 1.71. The average Bonchev–Trinajstić information content (AvgIpc) is 2.38. The second-order valence-corrected chi connectivity index (χ2v) is 4.04. The highest BCUT2D eigenvalue weighted by Gasteiger charge is 2.19. The molecule has 98 valence electrons. The van der Waals surface area contributed by atoms with Gasteiger partial charge in [0.05, 0.1) is 13.2 Å². The Morgan fingerprint density at radius 3 is 2.61 bits per heavy atom. The number of hydrogen-bond acceptors (Lipinski definition) is 5. The molecular weight excluding hydrogens is 234 g/mol. The molecule has 0 bridgehead atoms. The molecule has 0 unspecified atom stereocenters. The number of Topliss-reactive ketones (excluding diaryl/α,β-unsaturated/α-hetero) is 1. The zero-order chi connectivity index (χ0) is 13.0. The zero-order valence-corrected chi connectivity index (χ0v) is 10.6. The van der Waals surface area contributed by atoms with Crippen LogP contribution in [-0.4, -0.2) is 39.7 Å². The van der Waals surface area contributed by atoms with Crippen molar-refractivity contribution < 1.29 is 19.0 Å². The highest BCUT2D eigenvalue weighted by molar-refractivity contribution is 5.99. The molecule has 0 fully saturated rings. The standard InChI is InChI=1S/C13H17NO4/c1-14-7-11(15)10-6-13-12(17-3-4-18-13)5-9(10)8-16-2/h5-6,14H,3-4,7-8H2,1-2H3. The lowest BCUT2D eigenvalue weighted by atomic mass is 10.0. The minimum Gasteiger partial charge on any atom is -0.486 e. The monoisotopic (exact) mass is 251 g/mol. The van der Waals surface area contributed by atoms with Crippen LogP contribution in [0.5, 0.6) is 11.5 Å². The molecule has 0 spiro atoms. The summed E-state index contributed by atoms with van der Waals surface area (Å²) in [5.74, 6) is 1.32. The van der Waals surface area contributed by atoms with Crippen molar-refractivity contribution in [2.24, 2.45) is 0 Å². The normalized spacial score (nSPS) is 13.4. The highest BCUT2D eigenvalue weighted by Crippen LogP contribution is 2.33. The van der Waals surface area contributed by atoms with Crippen LogP contribution in [0.2, 0.25) is 0 Å². The predicted molar refractivity (Wildman–Crippen MR) is 66.4 cm³/mol. The molecule has 2 rings (SSSR count). The summed E-state index contributed by atoms with van der Waals surface area (Å²) in [7, 11) is 3.34. The van der Waals surface area contributed by atoms with Gasteiger partial charge in [0.1, 0.15) is 13.2 Å². The summed E-state index contributed by atoms with van der Waals surface area (Å²) in [6.07, 6.45) is 0. The molecule has 1 aromatic carbocycles. The SMILES string of the molecule is CNCC(=O)c1cc2c(cc1COC)OCCO2. The Balaban J connectivity index is 2.38. The van der Waals surface area contributed by atoms with Crippen LogP contribution in [0.3, 0.4) is 0 Å². The molecule has 0 saturated carbocycles. The van der Waals surface area contributed by atoms with Gasteiger partial charge >= 0.3 is 0 Å². The Bertz CT molecular complexity index is 445. The number of hydrogen-bond donors (Lipinski definition) is 1. The minimum atomic E-state index is 0.0153. The van der Waals surface area contributed by atoms with E-state index in [2.05, 4.69) is 5.32 Å². The first-order chi connectivity index (χ1) is 8.76. The van der Waals surface area contributed by atoms with Gasteiger partial charge in [-0.25, -0.2) is 0 Å². The Labute approximate surface area is 106 Å². The largest absolute Gasteiger partial charge is 0.486 e. The van der Waals surface area contributed by atoms with Gasteiger partial charge in [-0.1, -0.05) is 0 Å². The van der Waals surface area contributed by atoms with Crippen LogP contribution in [0.25, 0.3) is 0 Å². The van der Waals surface area contributed by atoms with E-state index in [0.29, 0.717) is 36.9 Å². The summed E-state index contributed by atoms with van der Waals surface area (Å²) < 4.78 is 16.1. The quantitative estimate of drug-likeness (QED) is 0.791. The molecule has 1 aliphatic heterocycles. The molecule has 0 atom stereocenters. The number of methoxy groups -OCH3 is 1. The topological polar surface area (TPSA) is 56.8 Å². The van der Waals surface area contributed by atoms with E-state index in [1.165, 1.54) is 0 Å². The van der Waals surface area contributed by atoms with Crippen LogP contribution in [0.4, 0.5) is 0 Å². The van der Waals surface area contributed by atoms with Crippen molar-refractivity contribution in [1.82, 2.24) is 5.32 Å². The predicted octanol–water partition coefficient (Wildman–Crippen LogP) is 1.01. The molecule has 5 nitrogen and oxygen atoms in total. The average molecular weight is 251 g/mol. The number of carbonyl (C=O) groups is 1. The number of ether oxygens (including phenoxy) is 3. The molecule has 18 heavy (non-hydrogen) atoms. The maximum atomic E-state index is 12.0. The summed E-state index contributed by atoms with van der Waals surface area (Å²) >= 11 is 0. The fraction of sp³-hybridized carbons (Fsp3) is 0.462. The van der Waals surface area contributed by atoms with Crippen molar-refractivity contribution >= 4 is 5.78 Å². The van der Waals surface area contributed by atoms with E-state index in [1.54, 1.807) is 20.2 Å². The van der Waals surface area contributed by atoms with Crippen LogP contribution >= 0.6 is 0 Å². The number of benzene rings is 1. The Kier molecular flexibility index (Phi) is 4.17. The van der Waals surface area contributed by atoms with Gasteiger partial charge in [-0.15, -0.1) is 0 Å². The molecule has 1 N–H and O–H groups in total. The van der Waals surface area contributed by atoms with Gasteiger partial charge < -0.3 is 19.5 Å². The van der Waals surface area contributed by atoms with E-state index in [9.17, 15) is 4.79 Å². The van der Waals surface area contributed by atoms with E-state index in [4.69, 9.17) is 14.2 Å². The third kappa shape index (κ3) is 2.63. The first kappa shape index (κ1) is 12.9. The number of fused-ring (bicyclic) bond motifs is 1. The molecule has 0 aromatic heterocycles. The van der Waals surface area contributed by atoms with E-state index in [1.807, 2.05) is 6.07 Å². The van der Waals surface area contributed by atoms with Crippen molar-refractivity contribution in [1.29, 1.82) is 0 Å². The summed E-state index contributed by atoms with van der Waals surface area (Å²) in [5.41, 5.74) is 1.44. The van der Waals surface area contributed by atoms with Crippen molar-refractivity contribution in [3.05, 3.63) is 23.3 Å². The number of ketones is 1. The van der Waals surface area contributed by atoms with Crippen molar-refractivity contribution in [3.63, 3.8) is 0 Å². The van der Waals surface area contributed by atoms with Crippen molar-refractivity contribution in [2.75, 3.05) is 33.9 Å². The fourth-order valence-electron chi connectivity index (χ4n) is 1.92. The first-order valence-electron chi connectivity index (χ1n) is 5.85. The molecule has 0 aliphatic carbocycles. The maximum Gasteiger partial charge on any atom is 0.177 e. The molecule has 0 amide bonds. The van der Waals surface area contributed by atoms with Crippen molar-refractivity contribution in [3.8, 4) is 11.5 Å². The number of nitrogens with one attached hydrogen (secondary N) is 1. The summed E-state index contributed by atoms with van der Waals surface area (Å²) in [6, 6.07) is 3.56. The number of likely N-dealkylation sites (N-methyl/N-ethyl adjacent to an activating group) is 1. The summed E-state index contributed by atoms with van der Waals surface area (Å²) in [4.78, 5) is 12.0. The third-order valence-corrected chi connectivity index (χ3v) is 2.71. The molecular formula is C13H17NO4. The fourth-order valence-corrected chi connectivity index (χ4v) is 1.92. The molecule has 1 heterocycles. The zero-order valence-electron chi connectivity index (χ0n) is 10.6. The van der Waals surface area contributed by atoms with Crippen LogP contribution < -0.4 is 14.8 Å². The number of carbonyl (C=O) groups excluding carboxylic acids is 1. The second-order valence-electron chi connectivity index (χ2n) is 4.04. The number of rotatable bonds is 5. The molecule has 1 aliphatic rings. The van der Waals surface area contributed by atoms with Crippen LogP contribution in [0, 0.1) is 0 Å². The van der Waals surface area contributed by atoms with Gasteiger partial charge in [-0.3, -0.25) is 4.79 Å². The second kappa shape index (κ2) is 5.84. The van der Waals surface area contributed by atoms with E-state index >= 15 is 0 Å². The van der Waals surface area contributed by atoms with Crippen LogP contribution in [0.15, 0.2) is 12.1 Å². The highest BCUT2D eigenvalue weighted by atomic mass is 16.6. The molecule has 0 radical (unpaired) electrons. The van der Waals surface area contributed by atoms with E-state index in [0.717, 1.165) is 5.56 Å². The van der Waals surface area contributed by atoms with Gasteiger partial charge in [0.2, 0.25) is 0 Å². The Morgan fingerprint density at radius 2 is 2.00 bits per heavy atom. The molecule has 5 heteroatoms. The van der Waals surface area contributed by atoms with Gasteiger partial charge in [-0.05, 0) is 24.7 Å². The van der Waals surface area contributed by atoms with Crippen molar-refractivity contribution in [2.45, 2.75) is 6.61 Å². The molecule has 0 saturated heterocycles. The Morgan fingerprint density at radius 1 is 1.33 bits per heavy atom. The van der Waals surface area contributed by atoms with Crippen LogP contribution in [-0.2, 0) is 11.3 Å². The Hall–Kier alpha value is -1.59. The minimum absolute atomic E-state index is 0.0153. The summed E-state index contributed by atoms with van der Waals surface area (Å²) in [5, 5.41) is 2.85. The van der Waals surface area contributed by atoms with Gasteiger partial charge in [-0.2, -0.15) is 0 Å². The van der Waals surface area contributed by atoms with E-state index < -0.39 is 0 Å². The smallest absolute Gasteiger partial charge is 0.177 e. The first-order valence-corrected chi connectivity index (χ1v) is 5.85. The third-order valence-electron chi connectivity index (χ3n) is 2.71. The maximum absolute atomic E-state index is 12.0. The van der Waals surface area contributed by atoms with E-state index in [-0.39, 0.29) is 12.3 Å². The lowest BCUT2D eigenvalue weighted by Crippen LogP contribution is -2.21. The van der Waals surface area contributed by atoms with Gasteiger partial charge in [0, 0.05) is 12.7 Å². The van der Waals surface area contributed by atoms with Gasteiger partial charge in [0.25, 0.3) is 0 Å². The lowest BCUT2D eigenvalue weighted by molar-refractivity contribution is 0.0987. The molecule has 1 aromatic rings. The van der Waals surface area contributed by atoms with Crippen LogP contribution in [0.1, 0.15) is 15.9 Å². The van der Waals surface area contributed by atoms with Gasteiger partial charge in [0.15, 0.2) is 17.3 Å².